The van der Waals surface area contributed by atoms with Crippen molar-refractivity contribution < 1.29 is 18.6 Å². The molecule has 0 fully saturated rings. The molecule has 0 aliphatic carbocycles. The van der Waals surface area contributed by atoms with Crippen LogP contribution in [0, 0.1) is 18.6 Å². The van der Waals surface area contributed by atoms with Crippen LogP contribution >= 0.6 is 0 Å². The Hall–Kier alpha value is -1.00. The van der Waals surface area contributed by atoms with E-state index in [2.05, 4.69) is 0 Å². The van der Waals surface area contributed by atoms with Crippen molar-refractivity contribution in [3.63, 3.8) is 0 Å². The van der Waals surface area contributed by atoms with E-state index in [0.717, 1.165) is 0 Å². The molecule has 4 heteroatoms. The molecule has 1 rings (SSSR count). The molecule has 1 atom stereocenters. The first-order valence-corrected chi connectivity index (χ1v) is 4.69. The van der Waals surface area contributed by atoms with E-state index < -0.39 is 17.7 Å². The van der Waals surface area contributed by atoms with E-state index in [1.54, 1.807) is 0 Å². The van der Waals surface area contributed by atoms with Gasteiger partial charge in [0.1, 0.15) is 0 Å². The summed E-state index contributed by atoms with van der Waals surface area (Å²) in [7, 11) is 1.48. The smallest absolute Gasteiger partial charge is 0.164 e. The number of aliphatic hydroxyl groups is 1. The van der Waals surface area contributed by atoms with Gasteiger partial charge in [0.05, 0.1) is 6.10 Å². The maximum Gasteiger partial charge on any atom is 0.164 e. The second-order valence-electron chi connectivity index (χ2n) is 3.40. The summed E-state index contributed by atoms with van der Waals surface area (Å²) < 4.78 is 31.3. The van der Waals surface area contributed by atoms with Crippen molar-refractivity contribution in [3.8, 4) is 0 Å². The Bertz CT molecular complexity index is 340. The van der Waals surface area contributed by atoms with Crippen LogP contribution in [0.5, 0.6) is 0 Å². The highest BCUT2D eigenvalue weighted by Crippen LogP contribution is 2.23. The zero-order chi connectivity index (χ0) is 11.4. The van der Waals surface area contributed by atoms with Gasteiger partial charge in [-0.1, -0.05) is 12.1 Å². The number of halogens is 2. The van der Waals surface area contributed by atoms with E-state index in [4.69, 9.17) is 4.74 Å². The largest absolute Gasteiger partial charge is 0.388 e. The average molecular weight is 216 g/mol. The van der Waals surface area contributed by atoms with Crippen LogP contribution in [0.15, 0.2) is 12.1 Å². The maximum absolute atomic E-state index is 13.4. The third kappa shape index (κ3) is 2.73. The SMILES string of the molecule is COCCC(O)c1ccc(C)c(F)c1F. The second kappa shape index (κ2) is 5.19. The highest BCUT2D eigenvalue weighted by Gasteiger charge is 2.17. The molecule has 0 bridgehead atoms. The van der Waals surface area contributed by atoms with Gasteiger partial charge in [0, 0.05) is 25.7 Å². The number of ether oxygens (including phenoxy) is 1. The van der Waals surface area contributed by atoms with E-state index in [9.17, 15) is 13.9 Å². The molecule has 0 saturated carbocycles. The van der Waals surface area contributed by atoms with Crippen LogP contribution in [0.2, 0.25) is 0 Å². The molecule has 1 aromatic rings. The van der Waals surface area contributed by atoms with Gasteiger partial charge in [-0.3, -0.25) is 0 Å². The summed E-state index contributed by atoms with van der Waals surface area (Å²) in [6.07, 6.45) is -0.782. The highest BCUT2D eigenvalue weighted by molar-refractivity contribution is 5.26. The quantitative estimate of drug-likeness (QED) is 0.837. The minimum atomic E-state index is -1.03. The van der Waals surface area contributed by atoms with Crippen LogP contribution in [0.25, 0.3) is 0 Å². The third-order valence-corrected chi connectivity index (χ3v) is 2.26. The van der Waals surface area contributed by atoms with Gasteiger partial charge in [-0.05, 0) is 12.5 Å². The summed E-state index contributed by atoms with van der Waals surface area (Å²) in [5.41, 5.74) is 0.213. The Morgan fingerprint density at radius 2 is 2.00 bits per heavy atom. The molecular weight excluding hydrogens is 202 g/mol. The Kier molecular flexibility index (Phi) is 4.17. The molecule has 0 heterocycles. The second-order valence-corrected chi connectivity index (χ2v) is 3.40. The molecule has 0 spiro atoms. The predicted molar refractivity (Wildman–Crippen MR) is 52.5 cm³/mol. The lowest BCUT2D eigenvalue weighted by atomic mass is 10.0. The van der Waals surface area contributed by atoms with E-state index >= 15 is 0 Å². The van der Waals surface area contributed by atoms with Gasteiger partial charge in [-0.25, -0.2) is 8.78 Å². The summed E-state index contributed by atoms with van der Waals surface area (Å²) >= 11 is 0. The number of benzene rings is 1. The topological polar surface area (TPSA) is 29.5 Å². The first-order valence-electron chi connectivity index (χ1n) is 4.69. The maximum atomic E-state index is 13.4. The third-order valence-electron chi connectivity index (χ3n) is 2.26. The van der Waals surface area contributed by atoms with Gasteiger partial charge >= 0.3 is 0 Å². The first-order chi connectivity index (χ1) is 7.07. The molecule has 0 radical (unpaired) electrons. The number of rotatable bonds is 4. The fraction of sp³-hybridized carbons (Fsp3) is 0.455. The molecule has 15 heavy (non-hydrogen) atoms. The monoisotopic (exact) mass is 216 g/mol. The number of hydrogen-bond donors (Lipinski definition) is 1. The van der Waals surface area contributed by atoms with Crippen LogP contribution in [0.3, 0.4) is 0 Å². The molecule has 0 aliphatic heterocycles. The number of hydrogen-bond acceptors (Lipinski definition) is 2. The Morgan fingerprint density at radius 3 is 2.60 bits per heavy atom. The summed E-state index contributed by atoms with van der Waals surface area (Å²) in [6, 6.07) is 2.85. The van der Waals surface area contributed by atoms with Gasteiger partial charge in [0.2, 0.25) is 0 Å². The van der Waals surface area contributed by atoms with Crippen molar-refractivity contribution in [2.45, 2.75) is 19.4 Å². The molecule has 0 aromatic heterocycles. The van der Waals surface area contributed by atoms with E-state index in [0.29, 0.717) is 6.61 Å². The highest BCUT2D eigenvalue weighted by atomic mass is 19.2. The molecule has 0 saturated heterocycles. The van der Waals surface area contributed by atoms with Crippen LogP contribution in [0.4, 0.5) is 8.78 Å². The van der Waals surface area contributed by atoms with Crippen LogP contribution in [-0.2, 0) is 4.74 Å². The molecule has 1 N–H and O–H groups in total. The van der Waals surface area contributed by atoms with Crippen molar-refractivity contribution in [2.24, 2.45) is 0 Å². The van der Waals surface area contributed by atoms with Crippen LogP contribution in [-0.4, -0.2) is 18.8 Å². The zero-order valence-electron chi connectivity index (χ0n) is 8.76. The zero-order valence-corrected chi connectivity index (χ0v) is 8.76. The minimum absolute atomic E-state index is 0.0184. The van der Waals surface area contributed by atoms with Crippen molar-refractivity contribution in [3.05, 3.63) is 34.9 Å². The lowest BCUT2D eigenvalue weighted by Gasteiger charge is -2.12. The summed E-state index contributed by atoms with van der Waals surface area (Å²) in [5, 5.41) is 9.56. The normalized spacial score (nSPS) is 12.9. The van der Waals surface area contributed by atoms with Crippen LogP contribution in [0.1, 0.15) is 23.7 Å². The summed E-state index contributed by atoms with van der Waals surface area (Å²) in [4.78, 5) is 0. The van der Waals surface area contributed by atoms with Crippen molar-refractivity contribution in [2.75, 3.05) is 13.7 Å². The van der Waals surface area contributed by atoms with Gasteiger partial charge < -0.3 is 9.84 Å². The Labute approximate surface area is 87.5 Å². The number of aliphatic hydroxyl groups excluding tert-OH is 1. The number of methoxy groups -OCH3 is 1. The van der Waals surface area contributed by atoms with E-state index in [1.165, 1.54) is 26.2 Å². The Balaban J connectivity index is 2.90. The minimum Gasteiger partial charge on any atom is -0.388 e. The molecule has 0 aliphatic rings. The van der Waals surface area contributed by atoms with Gasteiger partial charge in [-0.15, -0.1) is 0 Å². The fourth-order valence-electron chi connectivity index (χ4n) is 1.30. The van der Waals surface area contributed by atoms with E-state index in [-0.39, 0.29) is 17.5 Å². The lowest BCUT2D eigenvalue weighted by Crippen LogP contribution is -2.06. The van der Waals surface area contributed by atoms with Crippen molar-refractivity contribution in [1.29, 1.82) is 0 Å². The first kappa shape index (κ1) is 12.1. The van der Waals surface area contributed by atoms with Crippen molar-refractivity contribution >= 4 is 0 Å². The molecule has 0 amide bonds. The molecular formula is C11H14F2O2. The lowest BCUT2D eigenvalue weighted by molar-refractivity contribution is 0.107. The van der Waals surface area contributed by atoms with Crippen molar-refractivity contribution in [1.82, 2.24) is 0 Å². The van der Waals surface area contributed by atoms with Gasteiger partial charge in [-0.2, -0.15) is 0 Å². The average Bonchev–Trinajstić information content (AvgIpc) is 2.23. The summed E-state index contributed by atoms with van der Waals surface area (Å²) in [5.74, 6) is -1.87. The standard InChI is InChI=1S/C11H14F2O2/c1-7-3-4-8(11(13)10(7)12)9(14)5-6-15-2/h3-4,9,14H,5-6H2,1-2H3. The van der Waals surface area contributed by atoms with Gasteiger partial charge in [0.15, 0.2) is 11.6 Å². The summed E-state index contributed by atoms with van der Waals surface area (Å²) in [6.45, 7) is 1.78. The fourth-order valence-corrected chi connectivity index (χ4v) is 1.30. The van der Waals surface area contributed by atoms with Crippen LogP contribution < -0.4 is 0 Å². The molecule has 2 nitrogen and oxygen atoms in total. The van der Waals surface area contributed by atoms with Gasteiger partial charge in [0.25, 0.3) is 0 Å². The molecule has 1 aromatic carbocycles. The molecule has 84 valence electrons. The predicted octanol–water partition coefficient (Wildman–Crippen LogP) is 2.34. The van der Waals surface area contributed by atoms with E-state index in [1.807, 2.05) is 0 Å². The Morgan fingerprint density at radius 1 is 1.33 bits per heavy atom. The molecule has 1 unspecified atom stereocenters. The number of aryl methyl sites for hydroxylation is 1.